The van der Waals surface area contributed by atoms with Crippen molar-refractivity contribution in [3.8, 4) is 0 Å². The van der Waals surface area contributed by atoms with Gasteiger partial charge in [-0.1, -0.05) is 6.07 Å². The Labute approximate surface area is 101 Å². The molecule has 0 fully saturated rings. The summed E-state index contributed by atoms with van der Waals surface area (Å²) in [5.41, 5.74) is 0.0311. The van der Waals surface area contributed by atoms with Crippen molar-refractivity contribution in [3.63, 3.8) is 0 Å². The maximum Gasteiger partial charge on any atom is 0.412 e. The predicted octanol–water partition coefficient (Wildman–Crippen LogP) is 2.59. The first-order valence-corrected chi connectivity index (χ1v) is 5.06. The smallest absolute Gasteiger partial charge is 0.355 e. The fourth-order valence-corrected chi connectivity index (χ4v) is 1.42. The van der Waals surface area contributed by atoms with Crippen LogP contribution in [-0.2, 0) is 0 Å². The van der Waals surface area contributed by atoms with E-state index in [0.717, 1.165) is 0 Å². The van der Waals surface area contributed by atoms with Crippen LogP contribution in [-0.4, -0.2) is 21.1 Å². The maximum atomic E-state index is 13.0. The molecule has 2 heterocycles. The highest BCUT2D eigenvalue weighted by molar-refractivity contribution is 5.37. The van der Waals surface area contributed by atoms with Crippen LogP contribution >= 0.6 is 0 Å². The summed E-state index contributed by atoms with van der Waals surface area (Å²) in [6, 6.07) is 2.34. The van der Waals surface area contributed by atoms with Crippen molar-refractivity contribution >= 4 is 5.82 Å². The van der Waals surface area contributed by atoms with E-state index in [2.05, 4.69) is 20.3 Å². The highest BCUT2D eigenvalue weighted by Crippen LogP contribution is 2.34. The topological polar surface area (TPSA) is 50.7 Å². The average molecular weight is 254 g/mol. The molecule has 94 valence electrons. The van der Waals surface area contributed by atoms with Crippen LogP contribution in [0, 0.1) is 0 Å². The minimum absolute atomic E-state index is 0.0311. The molecule has 0 aliphatic heterocycles. The molecule has 18 heavy (non-hydrogen) atoms. The summed E-state index contributed by atoms with van der Waals surface area (Å²) in [6.07, 6.45) is 0.701. The SMILES string of the molecule is FC(F)(F)C(Nc1ccncn1)c1cccnc1. The van der Waals surface area contributed by atoms with Gasteiger partial charge in [-0.15, -0.1) is 0 Å². The van der Waals surface area contributed by atoms with Crippen LogP contribution < -0.4 is 5.32 Å². The number of nitrogens with zero attached hydrogens (tertiary/aromatic N) is 3. The lowest BCUT2D eigenvalue weighted by molar-refractivity contribution is -0.144. The summed E-state index contributed by atoms with van der Waals surface area (Å²) in [4.78, 5) is 11.0. The molecule has 1 N–H and O–H groups in total. The molecular weight excluding hydrogens is 245 g/mol. The first kappa shape index (κ1) is 12.3. The van der Waals surface area contributed by atoms with Crippen molar-refractivity contribution in [1.82, 2.24) is 15.0 Å². The van der Waals surface area contributed by atoms with Gasteiger partial charge in [-0.3, -0.25) is 4.98 Å². The van der Waals surface area contributed by atoms with Crippen molar-refractivity contribution in [3.05, 3.63) is 48.7 Å². The highest BCUT2D eigenvalue weighted by atomic mass is 19.4. The molecule has 0 aromatic carbocycles. The van der Waals surface area contributed by atoms with E-state index in [1.807, 2.05) is 0 Å². The van der Waals surface area contributed by atoms with Crippen LogP contribution in [0.15, 0.2) is 43.1 Å². The van der Waals surface area contributed by atoms with Gasteiger partial charge in [-0.25, -0.2) is 9.97 Å². The maximum absolute atomic E-state index is 13.0. The molecule has 1 atom stereocenters. The van der Waals surface area contributed by atoms with Crippen LogP contribution in [0.5, 0.6) is 0 Å². The number of hydrogen-bond acceptors (Lipinski definition) is 4. The van der Waals surface area contributed by atoms with Crippen LogP contribution in [0.4, 0.5) is 19.0 Å². The van der Waals surface area contributed by atoms with Crippen LogP contribution in [0.1, 0.15) is 11.6 Å². The van der Waals surface area contributed by atoms with E-state index in [1.54, 1.807) is 0 Å². The molecule has 0 amide bonds. The molecule has 0 radical (unpaired) electrons. The molecule has 7 heteroatoms. The number of rotatable bonds is 3. The van der Waals surface area contributed by atoms with Gasteiger partial charge >= 0.3 is 6.18 Å². The van der Waals surface area contributed by atoms with Gasteiger partial charge in [0.05, 0.1) is 0 Å². The lowest BCUT2D eigenvalue weighted by Crippen LogP contribution is -2.28. The van der Waals surface area contributed by atoms with Gasteiger partial charge in [0.1, 0.15) is 12.1 Å². The lowest BCUT2D eigenvalue weighted by Gasteiger charge is -2.21. The minimum Gasteiger partial charge on any atom is -0.355 e. The van der Waals surface area contributed by atoms with Gasteiger partial charge in [-0.05, 0) is 12.1 Å². The molecule has 0 spiro atoms. The Balaban J connectivity index is 2.28. The zero-order valence-electron chi connectivity index (χ0n) is 9.09. The second kappa shape index (κ2) is 4.99. The number of hydrogen-bond donors (Lipinski definition) is 1. The third kappa shape index (κ3) is 2.93. The first-order chi connectivity index (χ1) is 8.57. The second-order valence-corrected chi connectivity index (χ2v) is 3.50. The molecule has 2 aromatic rings. The largest absolute Gasteiger partial charge is 0.412 e. The highest BCUT2D eigenvalue weighted by Gasteiger charge is 2.41. The van der Waals surface area contributed by atoms with Crippen LogP contribution in [0.25, 0.3) is 0 Å². The fourth-order valence-electron chi connectivity index (χ4n) is 1.42. The van der Waals surface area contributed by atoms with Crippen molar-refractivity contribution in [2.45, 2.75) is 12.2 Å². The number of pyridine rings is 1. The molecular formula is C11H9F3N4. The number of anilines is 1. The third-order valence-corrected chi connectivity index (χ3v) is 2.22. The quantitative estimate of drug-likeness (QED) is 0.914. The third-order valence-electron chi connectivity index (χ3n) is 2.22. The van der Waals surface area contributed by atoms with E-state index in [4.69, 9.17) is 0 Å². The Morgan fingerprint density at radius 2 is 1.94 bits per heavy atom. The summed E-state index contributed by atoms with van der Waals surface area (Å²) >= 11 is 0. The van der Waals surface area contributed by atoms with Gasteiger partial charge in [0.15, 0.2) is 6.04 Å². The van der Waals surface area contributed by atoms with Gasteiger partial charge in [0.25, 0.3) is 0 Å². The Morgan fingerprint density at radius 1 is 1.11 bits per heavy atom. The Kier molecular flexibility index (Phi) is 3.40. The van der Waals surface area contributed by atoms with Crippen LogP contribution in [0.3, 0.4) is 0 Å². The van der Waals surface area contributed by atoms with Crippen LogP contribution in [0.2, 0.25) is 0 Å². The standard InChI is InChI=1S/C11H9F3N4/c12-11(13,14)10(8-2-1-4-15-6-8)18-9-3-5-16-7-17-9/h1-7,10H,(H,16,17,18). The van der Waals surface area contributed by atoms with Crippen molar-refractivity contribution in [2.75, 3.05) is 5.32 Å². The predicted molar refractivity (Wildman–Crippen MR) is 58.7 cm³/mol. The van der Waals surface area contributed by atoms with Gasteiger partial charge in [-0.2, -0.15) is 13.2 Å². The molecule has 1 unspecified atom stereocenters. The zero-order valence-corrected chi connectivity index (χ0v) is 9.09. The van der Waals surface area contributed by atoms with E-state index in [-0.39, 0.29) is 11.4 Å². The summed E-state index contributed by atoms with van der Waals surface area (Å²) in [7, 11) is 0. The normalized spacial score (nSPS) is 13.1. The number of nitrogens with one attached hydrogen (secondary N) is 1. The van der Waals surface area contributed by atoms with Crippen molar-refractivity contribution in [2.24, 2.45) is 0 Å². The molecule has 0 bridgehead atoms. The Hall–Kier alpha value is -2.18. The summed E-state index contributed by atoms with van der Waals surface area (Å²) < 4.78 is 38.9. The van der Waals surface area contributed by atoms with Gasteiger partial charge in [0.2, 0.25) is 0 Å². The second-order valence-electron chi connectivity index (χ2n) is 3.50. The molecule has 2 aromatic heterocycles. The lowest BCUT2D eigenvalue weighted by atomic mass is 10.1. The number of halogens is 3. The molecule has 2 rings (SSSR count). The molecule has 0 aliphatic carbocycles. The number of aromatic nitrogens is 3. The van der Waals surface area contributed by atoms with Crippen molar-refractivity contribution < 1.29 is 13.2 Å². The number of alkyl halides is 3. The summed E-state index contributed by atoms with van der Waals surface area (Å²) in [5, 5.41) is 2.32. The zero-order chi connectivity index (χ0) is 13.0. The van der Waals surface area contributed by atoms with Gasteiger partial charge in [0, 0.05) is 24.2 Å². The first-order valence-electron chi connectivity index (χ1n) is 5.06. The minimum atomic E-state index is -4.44. The molecule has 0 saturated carbocycles. The molecule has 4 nitrogen and oxygen atoms in total. The summed E-state index contributed by atoms with van der Waals surface area (Å²) in [5.74, 6) is 0.108. The molecule has 0 saturated heterocycles. The van der Waals surface area contributed by atoms with E-state index >= 15 is 0 Å². The monoisotopic (exact) mass is 254 g/mol. The average Bonchev–Trinajstić information content (AvgIpc) is 2.37. The van der Waals surface area contributed by atoms with Crippen molar-refractivity contribution in [1.29, 1.82) is 0 Å². The van der Waals surface area contributed by atoms with E-state index in [9.17, 15) is 13.2 Å². The fraction of sp³-hybridized carbons (Fsp3) is 0.182. The Morgan fingerprint density at radius 3 is 2.50 bits per heavy atom. The summed E-state index contributed by atoms with van der Waals surface area (Å²) in [6.45, 7) is 0. The van der Waals surface area contributed by atoms with E-state index in [1.165, 1.54) is 43.1 Å². The molecule has 0 aliphatic rings. The van der Waals surface area contributed by atoms with Gasteiger partial charge < -0.3 is 5.32 Å². The van der Waals surface area contributed by atoms with E-state index < -0.39 is 12.2 Å². The van der Waals surface area contributed by atoms with E-state index in [0.29, 0.717) is 0 Å². The Bertz CT molecular complexity index is 487.